The van der Waals surface area contributed by atoms with Crippen LogP contribution in [0.25, 0.3) is 16.7 Å². The van der Waals surface area contributed by atoms with Crippen LogP contribution in [-0.4, -0.2) is 37.3 Å². The maximum Gasteiger partial charge on any atom is 0.328 e. The van der Waals surface area contributed by atoms with Crippen molar-refractivity contribution >= 4 is 27.1 Å². The molecule has 1 aromatic heterocycles. The zero-order valence-electron chi connectivity index (χ0n) is 19.9. The van der Waals surface area contributed by atoms with Crippen molar-refractivity contribution in [1.29, 1.82) is 0 Å². The third-order valence-corrected chi connectivity index (χ3v) is 7.33. The Hall–Kier alpha value is -4.05. The number of imidazole rings is 1. The van der Waals surface area contributed by atoms with E-state index in [-0.39, 0.29) is 18.2 Å². The summed E-state index contributed by atoms with van der Waals surface area (Å²) in [7, 11) is -3.92. The van der Waals surface area contributed by atoms with Crippen LogP contribution in [0.4, 0.5) is 4.79 Å². The molecule has 1 aliphatic heterocycles. The number of fused-ring (bicyclic) bond motifs is 2. The Balaban J connectivity index is 1.23. The first-order chi connectivity index (χ1) is 17.3. The van der Waals surface area contributed by atoms with E-state index in [4.69, 9.17) is 14.5 Å². The summed E-state index contributed by atoms with van der Waals surface area (Å²) in [6, 6.07) is 17.4. The van der Waals surface area contributed by atoms with Gasteiger partial charge in [-0.05, 0) is 43.2 Å². The van der Waals surface area contributed by atoms with Gasteiger partial charge in [0.2, 0.25) is 6.79 Å². The van der Waals surface area contributed by atoms with Gasteiger partial charge in [0.1, 0.15) is 5.82 Å². The number of sulfonamides is 1. The number of ether oxygens (including phenoxy) is 2. The van der Waals surface area contributed by atoms with Gasteiger partial charge in [0.25, 0.3) is 10.0 Å². The molecule has 10 heteroatoms. The minimum absolute atomic E-state index is 0.0429. The molecule has 0 aliphatic carbocycles. The second-order valence-electron chi connectivity index (χ2n) is 8.50. The van der Waals surface area contributed by atoms with Crippen molar-refractivity contribution in [2.75, 3.05) is 13.3 Å². The summed E-state index contributed by atoms with van der Waals surface area (Å²) in [5, 5.41) is 2.61. The Morgan fingerprint density at radius 2 is 1.72 bits per heavy atom. The number of nitrogens with one attached hydrogen (secondary N) is 2. The smallest absolute Gasteiger partial charge is 0.328 e. The van der Waals surface area contributed by atoms with Crippen LogP contribution < -0.4 is 19.5 Å². The highest BCUT2D eigenvalue weighted by atomic mass is 32.2. The average molecular weight is 507 g/mol. The van der Waals surface area contributed by atoms with Gasteiger partial charge in [-0.25, -0.2) is 22.9 Å². The number of aromatic nitrogens is 2. The van der Waals surface area contributed by atoms with Crippen molar-refractivity contribution in [2.24, 2.45) is 0 Å². The lowest BCUT2D eigenvalue weighted by Gasteiger charge is -2.11. The largest absolute Gasteiger partial charge is 0.454 e. The third-order valence-electron chi connectivity index (χ3n) is 5.99. The molecule has 1 aliphatic rings. The number of urea groups is 1. The number of aryl methyl sites for hydroxylation is 2. The maximum atomic E-state index is 12.4. The number of nitrogens with zero attached hydrogens (tertiary/aromatic N) is 2. The van der Waals surface area contributed by atoms with Gasteiger partial charge in [0.05, 0.1) is 15.9 Å². The van der Waals surface area contributed by atoms with Crippen molar-refractivity contribution in [3.05, 3.63) is 77.6 Å². The highest BCUT2D eigenvalue weighted by molar-refractivity contribution is 7.90. The molecule has 0 saturated carbocycles. The number of carbonyl (C=O) groups is 1. The standard InChI is InChI=1S/C26H26N4O5S/c1-3-25-28-21-14-23-24(35-16-34-23)15-22(21)30(25)19-8-6-18(7-9-19)12-13-27-26(31)29-36(32,33)20-10-4-17(2)5-11-20/h4-11,14-15H,3,12-13,16H2,1-2H3,(H2,27,29,31). The SMILES string of the molecule is CCc1nc2cc3c(cc2n1-c1ccc(CCNC(=O)NS(=O)(=O)c2ccc(C)cc2)cc1)OCO3. The number of rotatable bonds is 7. The molecule has 0 spiro atoms. The molecule has 0 radical (unpaired) electrons. The van der Waals surface area contributed by atoms with Crippen molar-refractivity contribution in [3.8, 4) is 17.2 Å². The monoisotopic (exact) mass is 506 g/mol. The average Bonchev–Trinajstić information content (AvgIpc) is 3.46. The fraction of sp³-hybridized carbons (Fsp3) is 0.231. The molecule has 3 aromatic carbocycles. The lowest BCUT2D eigenvalue weighted by molar-refractivity contribution is 0.174. The maximum absolute atomic E-state index is 12.4. The van der Waals surface area contributed by atoms with Crippen molar-refractivity contribution in [1.82, 2.24) is 19.6 Å². The lowest BCUT2D eigenvalue weighted by atomic mass is 10.1. The molecular formula is C26H26N4O5S. The van der Waals surface area contributed by atoms with Crippen LogP contribution in [0.3, 0.4) is 0 Å². The van der Waals surface area contributed by atoms with Gasteiger partial charge in [-0.3, -0.25) is 4.57 Å². The van der Waals surface area contributed by atoms with Gasteiger partial charge in [-0.2, -0.15) is 0 Å². The molecule has 0 atom stereocenters. The Labute approximate surface area is 209 Å². The summed E-state index contributed by atoms with van der Waals surface area (Å²) in [6.45, 7) is 4.41. The number of carbonyl (C=O) groups excluding carboxylic acids is 1. The summed E-state index contributed by atoms with van der Waals surface area (Å²) < 4.78 is 39.9. The van der Waals surface area contributed by atoms with Crippen LogP contribution in [0, 0.1) is 6.92 Å². The number of benzene rings is 3. The molecule has 186 valence electrons. The summed E-state index contributed by atoms with van der Waals surface area (Å²) in [6.07, 6.45) is 1.30. The Bertz CT molecular complexity index is 1530. The molecule has 0 saturated heterocycles. The zero-order chi connectivity index (χ0) is 25.3. The van der Waals surface area contributed by atoms with Crippen LogP contribution in [-0.2, 0) is 22.9 Å². The molecule has 2 heterocycles. The highest BCUT2D eigenvalue weighted by Gasteiger charge is 2.20. The van der Waals surface area contributed by atoms with Crippen molar-refractivity contribution in [2.45, 2.75) is 31.6 Å². The topological polar surface area (TPSA) is 112 Å². The second-order valence-corrected chi connectivity index (χ2v) is 10.2. The first-order valence-corrected chi connectivity index (χ1v) is 13.1. The summed E-state index contributed by atoms with van der Waals surface area (Å²) in [5.41, 5.74) is 4.68. The molecule has 36 heavy (non-hydrogen) atoms. The summed E-state index contributed by atoms with van der Waals surface area (Å²) in [5.74, 6) is 2.33. The molecular weight excluding hydrogens is 480 g/mol. The Morgan fingerprint density at radius 1 is 1.03 bits per heavy atom. The molecule has 0 unspecified atom stereocenters. The van der Waals surface area contributed by atoms with E-state index in [1.165, 1.54) is 12.1 Å². The van der Waals surface area contributed by atoms with Gasteiger partial charge in [-0.1, -0.05) is 36.8 Å². The van der Waals surface area contributed by atoms with E-state index in [1.807, 2.05) is 48.0 Å². The van der Waals surface area contributed by atoms with E-state index < -0.39 is 16.1 Å². The Kier molecular flexibility index (Phi) is 6.27. The molecule has 2 N–H and O–H groups in total. The minimum Gasteiger partial charge on any atom is -0.454 e. The quantitative estimate of drug-likeness (QED) is 0.394. The molecule has 5 rings (SSSR count). The van der Waals surface area contributed by atoms with Crippen LogP contribution in [0.1, 0.15) is 23.9 Å². The van der Waals surface area contributed by atoms with E-state index in [2.05, 4.69) is 16.8 Å². The second kappa shape index (κ2) is 9.54. The van der Waals surface area contributed by atoms with Gasteiger partial charge in [0.15, 0.2) is 11.5 Å². The third kappa shape index (κ3) is 4.72. The van der Waals surface area contributed by atoms with E-state index in [0.29, 0.717) is 17.9 Å². The van der Waals surface area contributed by atoms with Crippen LogP contribution >= 0.6 is 0 Å². The van der Waals surface area contributed by atoms with E-state index in [0.717, 1.165) is 40.1 Å². The molecule has 9 nitrogen and oxygen atoms in total. The molecule has 2 amide bonds. The first-order valence-electron chi connectivity index (χ1n) is 11.6. The van der Waals surface area contributed by atoms with Crippen LogP contribution in [0.2, 0.25) is 0 Å². The zero-order valence-corrected chi connectivity index (χ0v) is 20.8. The lowest BCUT2D eigenvalue weighted by Crippen LogP contribution is -2.40. The summed E-state index contributed by atoms with van der Waals surface area (Å²) in [4.78, 5) is 16.9. The number of hydrogen-bond acceptors (Lipinski definition) is 6. The van der Waals surface area contributed by atoms with Gasteiger partial charge < -0.3 is 14.8 Å². The normalized spacial score (nSPS) is 12.6. The van der Waals surface area contributed by atoms with Gasteiger partial charge in [0, 0.05) is 30.8 Å². The van der Waals surface area contributed by atoms with E-state index >= 15 is 0 Å². The minimum atomic E-state index is -3.92. The van der Waals surface area contributed by atoms with E-state index in [1.54, 1.807) is 12.1 Å². The predicted octanol–water partition coefficient (Wildman–Crippen LogP) is 3.86. The highest BCUT2D eigenvalue weighted by Crippen LogP contribution is 2.37. The number of amides is 2. The fourth-order valence-electron chi connectivity index (χ4n) is 4.11. The van der Waals surface area contributed by atoms with Crippen molar-refractivity contribution in [3.63, 3.8) is 0 Å². The predicted molar refractivity (Wildman–Crippen MR) is 135 cm³/mol. The summed E-state index contributed by atoms with van der Waals surface area (Å²) >= 11 is 0. The number of hydrogen-bond donors (Lipinski definition) is 2. The fourth-order valence-corrected chi connectivity index (χ4v) is 5.04. The van der Waals surface area contributed by atoms with Gasteiger partial charge in [-0.15, -0.1) is 0 Å². The molecule has 0 fully saturated rings. The van der Waals surface area contributed by atoms with Crippen LogP contribution in [0.5, 0.6) is 11.5 Å². The molecule has 4 aromatic rings. The van der Waals surface area contributed by atoms with E-state index in [9.17, 15) is 13.2 Å². The van der Waals surface area contributed by atoms with Gasteiger partial charge >= 0.3 is 6.03 Å². The van der Waals surface area contributed by atoms with Crippen LogP contribution in [0.15, 0.2) is 65.6 Å². The first kappa shape index (κ1) is 23.7. The molecule has 0 bridgehead atoms. The van der Waals surface area contributed by atoms with Crippen molar-refractivity contribution < 1.29 is 22.7 Å². The Morgan fingerprint density at radius 3 is 2.42 bits per heavy atom.